The molecule has 3 nitrogen and oxygen atoms in total. The van der Waals surface area contributed by atoms with E-state index in [-0.39, 0.29) is 11.4 Å². The van der Waals surface area contributed by atoms with Crippen molar-refractivity contribution in [3.63, 3.8) is 0 Å². The minimum absolute atomic E-state index is 0.181. The first-order chi connectivity index (χ1) is 10.2. The van der Waals surface area contributed by atoms with Crippen LogP contribution in [-0.4, -0.2) is 15.5 Å². The molecule has 3 rings (SSSR count). The van der Waals surface area contributed by atoms with E-state index in [0.29, 0.717) is 11.8 Å². The fourth-order valence-corrected chi connectivity index (χ4v) is 2.18. The molecule has 1 saturated carbocycles. The highest BCUT2D eigenvalue weighted by atomic mass is 19.4. The maximum absolute atomic E-state index is 13.2. The van der Waals surface area contributed by atoms with Gasteiger partial charge in [-0.25, -0.2) is 13.8 Å². The van der Waals surface area contributed by atoms with Gasteiger partial charge in [0.1, 0.15) is 11.9 Å². The van der Waals surface area contributed by atoms with Gasteiger partial charge in [-0.05, 0) is 24.3 Å². The lowest BCUT2D eigenvalue weighted by atomic mass is 10.1. The van der Waals surface area contributed by atoms with E-state index in [2.05, 4.69) is 4.98 Å². The van der Waals surface area contributed by atoms with Gasteiger partial charge >= 0.3 is 6.18 Å². The molecule has 1 aliphatic carbocycles. The Kier molecular flexibility index (Phi) is 2.99. The molecule has 0 saturated heterocycles. The lowest BCUT2D eigenvalue weighted by Gasteiger charge is -2.06. The zero-order valence-electron chi connectivity index (χ0n) is 10.9. The van der Waals surface area contributed by atoms with Gasteiger partial charge in [0.05, 0.1) is 11.6 Å². The second kappa shape index (κ2) is 4.53. The molecule has 1 fully saturated rings. The average molecular weight is 313 g/mol. The Morgan fingerprint density at radius 3 is 2.27 bits per heavy atom. The predicted octanol–water partition coefficient (Wildman–Crippen LogP) is 4.02. The van der Waals surface area contributed by atoms with Gasteiger partial charge < -0.3 is 4.57 Å². The standard InChI is InChI=1S/C14H8F5N3/c15-13(16)5-11(13)22-7-10(14(17,18)19)21-12(22)9-3-1-8(6-20)2-4-9/h1-4,7,11H,5H2. The Labute approximate surface area is 121 Å². The number of aromatic nitrogens is 2. The monoisotopic (exact) mass is 313 g/mol. The molecule has 0 N–H and O–H groups in total. The van der Waals surface area contributed by atoms with Crippen molar-refractivity contribution < 1.29 is 22.0 Å². The Balaban J connectivity index is 2.09. The minimum Gasteiger partial charge on any atom is -0.321 e. The zero-order chi connectivity index (χ0) is 16.1. The van der Waals surface area contributed by atoms with Crippen molar-refractivity contribution in [2.24, 2.45) is 0 Å². The summed E-state index contributed by atoms with van der Waals surface area (Å²) in [5.41, 5.74) is -0.651. The Morgan fingerprint density at radius 2 is 1.82 bits per heavy atom. The van der Waals surface area contributed by atoms with Gasteiger partial charge in [0, 0.05) is 18.2 Å². The Bertz CT molecular complexity index is 752. The number of hydrogen-bond donors (Lipinski definition) is 0. The molecule has 1 aromatic carbocycles. The van der Waals surface area contributed by atoms with E-state index in [1.54, 1.807) is 0 Å². The molecule has 1 unspecified atom stereocenters. The van der Waals surface area contributed by atoms with Gasteiger partial charge in [-0.1, -0.05) is 0 Å². The Morgan fingerprint density at radius 1 is 1.23 bits per heavy atom. The van der Waals surface area contributed by atoms with Crippen LogP contribution in [-0.2, 0) is 6.18 Å². The van der Waals surface area contributed by atoms with Crippen LogP contribution in [0.4, 0.5) is 22.0 Å². The van der Waals surface area contributed by atoms with E-state index in [4.69, 9.17) is 5.26 Å². The summed E-state index contributed by atoms with van der Waals surface area (Å²) in [7, 11) is 0. The number of alkyl halides is 5. The molecule has 114 valence electrons. The first-order valence-corrected chi connectivity index (χ1v) is 6.27. The fraction of sp³-hybridized carbons (Fsp3) is 0.286. The molecule has 0 amide bonds. The first kappa shape index (κ1) is 14.5. The van der Waals surface area contributed by atoms with Crippen molar-refractivity contribution >= 4 is 0 Å². The van der Waals surface area contributed by atoms with Crippen molar-refractivity contribution in [3.05, 3.63) is 41.7 Å². The van der Waals surface area contributed by atoms with E-state index >= 15 is 0 Å². The molecule has 0 spiro atoms. The topological polar surface area (TPSA) is 41.6 Å². The number of nitriles is 1. The molecule has 1 aliphatic rings. The van der Waals surface area contributed by atoms with Crippen molar-refractivity contribution in [2.75, 3.05) is 0 Å². The molecule has 1 atom stereocenters. The molecule has 8 heteroatoms. The third-order valence-corrected chi connectivity index (χ3v) is 3.42. The van der Waals surface area contributed by atoms with Crippen LogP contribution >= 0.6 is 0 Å². The maximum Gasteiger partial charge on any atom is 0.434 e. The van der Waals surface area contributed by atoms with Gasteiger partial charge in [0.2, 0.25) is 0 Å². The van der Waals surface area contributed by atoms with Crippen molar-refractivity contribution in [1.29, 1.82) is 5.26 Å². The molecular formula is C14H8F5N3. The summed E-state index contributed by atoms with van der Waals surface area (Å²) in [4.78, 5) is 3.46. The van der Waals surface area contributed by atoms with Gasteiger partial charge in [-0.15, -0.1) is 0 Å². The Hall–Kier alpha value is -2.43. The molecule has 0 aliphatic heterocycles. The predicted molar refractivity (Wildman–Crippen MR) is 66.0 cm³/mol. The highest BCUT2D eigenvalue weighted by molar-refractivity contribution is 5.58. The van der Waals surface area contributed by atoms with E-state index in [9.17, 15) is 22.0 Å². The smallest absolute Gasteiger partial charge is 0.321 e. The van der Waals surface area contributed by atoms with Crippen molar-refractivity contribution in [3.8, 4) is 17.5 Å². The van der Waals surface area contributed by atoms with Crippen LogP contribution in [0.1, 0.15) is 23.7 Å². The van der Waals surface area contributed by atoms with Crippen LogP contribution in [0.5, 0.6) is 0 Å². The SMILES string of the molecule is N#Cc1ccc(-c2nc(C(F)(F)F)cn2C2CC2(F)F)cc1. The zero-order valence-corrected chi connectivity index (χ0v) is 10.9. The molecule has 1 aromatic heterocycles. The molecular weight excluding hydrogens is 305 g/mol. The van der Waals surface area contributed by atoms with Crippen LogP contribution in [0, 0.1) is 11.3 Å². The molecule has 1 heterocycles. The normalized spacial score (nSPS) is 19.7. The van der Waals surface area contributed by atoms with Crippen LogP contribution in [0.3, 0.4) is 0 Å². The molecule has 2 aromatic rings. The fourth-order valence-electron chi connectivity index (χ4n) is 2.18. The van der Waals surface area contributed by atoms with Crippen LogP contribution in [0.15, 0.2) is 30.5 Å². The van der Waals surface area contributed by atoms with E-state index in [1.165, 1.54) is 24.3 Å². The van der Waals surface area contributed by atoms with Crippen LogP contribution in [0.25, 0.3) is 11.4 Å². The number of hydrogen-bond acceptors (Lipinski definition) is 2. The summed E-state index contributed by atoms with van der Waals surface area (Å²) in [6.07, 6.45) is -4.61. The summed E-state index contributed by atoms with van der Waals surface area (Å²) in [6, 6.07) is 6.12. The summed E-state index contributed by atoms with van der Waals surface area (Å²) in [6.45, 7) is 0. The van der Waals surface area contributed by atoms with Crippen LogP contribution in [0.2, 0.25) is 0 Å². The van der Waals surface area contributed by atoms with E-state index < -0.39 is 30.3 Å². The highest BCUT2D eigenvalue weighted by Crippen LogP contribution is 2.54. The summed E-state index contributed by atoms with van der Waals surface area (Å²) in [5.74, 6) is -3.20. The third-order valence-electron chi connectivity index (χ3n) is 3.42. The third kappa shape index (κ3) is 2.43. The summed E-state index contributed by atoms with van der Waals surface area (Å²) in [5, 5.41) is 8.71. The van der Waals surface area contributed by atoms with E-state index in [0.717, 1.165) is 4.57 Å². The summed E-state index contributed by atoms with van der Waals surface area (Å²) >= 11 is 0. The number of imidazole rings is 1. The minimum atomic E-state index is -4.71. The second-order valence-electron chi connectivity index (χ2n) is 5.02. The van der Waals surface area contributed by atoms with Gasteiger partial charge in [-0.3, -0.25) is 0 Å². The number of benzene rings is 1. The molecule has 0 radical (unpaired) electrons. The largest absolute Gasteiger partial charge is 0.434 e. The second-order valence-corrected chi connectivity index (χ2v) is 5.02. The highest BCUT2D eigenvalue weighted by Gasteiger charge is 2.59. The number of rotatable bonds is 2. The van der Waals surface area contributed by atoms with Gasteiger partial charge in [0.15, 0.2) is 5.69 Å². The first-order valence-electron chi connectivity index (χ1n) is 6.27. The van der Waals surface area contributed by atoms with Gasteiger partial charge in [-0.2, -0.15) is 18.4 Å². The van der Waals surface area contributed by atoms with E-state index in [1.807, 2.05) is 6.07 Å². The maximum atomic E-state index is 13.2. The van der Waals surface area contributed by atoms with Crippen molar-refractivity contribution in [2.45, 2.75) is 24.6 Å². The molecule has 0 bridgehead atoms. The number of nitrogens with zero attached hydrogens (tertiary/aromatic N) is 3. The average Bonchev–Trinajstić information content (AvgIpc) is 2.88. The van der Waals surface area contributed by atoms with Crippen LogP contribution < -0.4 is 0 Å². The summed E-state index contributed by atoms with van der Waals surface area (Å²) < 4.78 is 65.7. The quantitative estimate of drug-likeness (QED) is 0.786. The molecule has 22 heavy (non-hydrogen) atoms. The van der Waals surface area contributed by atoms with Crippen molar-refractivity contribution in [1.82, 2.24) is 9.55 Å². The lowest BCUT2D eigenvalue weighted by molar-refractivity contribution is -0.140. The number of halogens is 5. The van der Waals surface area contributed by atoms with Gasteiger partial charge in [0.25, 0.3) is 5.92 Å². The lowest BCUT2D eigenvalue weighted by Crippen LogP contribution is -2.05.